The smallest absolute Gasteiger partial charge is 0.274 e. The molecule has 1 aliphatic heterocycles. The van der Waals surface area contributed by atoms with Crippen molar-refractivity contribution in [3.05, 3.63) is 42.0 Å². The summed E-state index contributed by atoms with van der Waals surface area (Å²) in [7, 11) is 0. The van der Waals surface area contributed by atoms with E-state index in [2.05, 4.69) is 5.43 Å². The lowest BCUT2D eigenvalue weighted by molar-refractivity contribution is -0.135. The van der Waals surface area contributed by atoms with Crippen molar-refractivity contribution in [2.45, 2.75) is 13.8 Å². The number of hydrazine groups is 1. The molecule has 0 aliphatic carbocycles. The summed E-state index contributed by atoms with van der Waals surface area (Å²) >= 11 is 0. The third-order valence-electron chi connectivity index (χ3n) is 2.97. The molecule has 1 aromatic rings. The number of carbonyl (C=O) groups is 5. The second kappa shape index (κ2) is 6.22. The van der Waals surface area contributed by atoms with Crippen molar-refractivity contribution >= 4 is 35.2 Å². The fraction of sp³-hybridized carbons (Fsp3) is 0.133. The van der Waals surface area contributed by atoms with E-state index in [1.165, 1.54) is 31.2 Å². The molecule has 0 saturated carbocycles. The van der Waals surface area contributed by atoms with E-state index in [0.29, 0.717) is 10.7 Å². The van der Waals surface area contributed by atoms with Gasteiger partial charge in [-0.25, -0.2) is 4.90 Å². The number of amides is 5. The van der Waals surface area contributed by atoms with Crippen molar-refractivity contribution in [2.75, 3.05) is 4.90 Å². The molecule has 0 bridgehead atoms. The highest BCUT2D eigenvalue weighted by molar-refractivity contribution is 6.28. The highest BCUT2D eigenvalue weighted by atomic mass is 16.2. The fourth-order valence-electron chi connectivity index (χ4n) is 1.97. The lowest BCUT2D eigenvalue weighted by Crippen LogP contribution is -2.48. The van der Waals surface area contributed by atoms with Crippen LogP contribution in [0, 0.1) is 0 Å². The summed E-state index contributed by atoms with van der Waals surface area (Å²) in [5, 5.41) is 0.588. The minimum Gasteiger partial charge on any atom is -0.274 e. The zero-order valence-corrected chi connectivity index (χ0v) is 12.4. The van der Waals surface area contributed by atoms with Gasteiger partial charge in [-0.05, 0) is 24.3 Å². The maximum Gasteiger partial charge on any atom is 0.279 e. The average Bonchev–Trinajstić information content (AvgIpc) is 2.83. The van der Waals surface area contributed by atoms with Gasteiger partial charge >= 0.3 is 0 Å². The monoisotopic (exact) mass is 315 g/mol. The van der Waals surface area contributed by atoms with E-state index >= 15 is 0 Å². The third-order valence-corrected chi connectivity index (χ3v) is 2.97. The molecule has 23 heavy (non-hydrogen) atoms. The Labute approximate surface area is 131 Å². The van der Waals surface area contributed by atoms with Gasteiger partial charge in [0.2, 0.25) is 11.8 Å². The molecule has 0 spiro atoms. The molecule has 1 heterocycles. The van der Waals surface area contributed by atoms with E-state index in [1.54, 1.807) is 0 Å². The predicted octanol–water partition coefficient (Wildman–Crippen LogP) is 0.156. The van der Waals surface area contributed by atoms with Crippen molar-refractivity contribution in [1.82, 2.24) is 10.4 Å². The number of hydrogen-bond donors (Lipinski definition) is 1. The molecular weight excluding hydrogens is 302 g/mol. The summed E-state index contributed by atoms with van der Waals surface area (Å²) in [6.07, 6.45) is 2.30. The van der Waals surface area contributed by atoms with Crippen LogP contribution in [0.1, 0.15) is 24.2 Å². The predicted molar refractivity (Wildman–Crippen MR) is 78.7 cm³/mol. The Morgan fingerprint density at radius 1 is 0.957 bits per heavy atom. The maximum atomic E-state index is 12.2. The average molecular weight is 315 g/mol. The van der Waals surface area contributed by atoms with Crippen LogP contribution in [0.2, 0.25) is 0 Å². The highest BCUT2D eigenvalue weighted by Crippen LogP contribution is 2.20. The van der Waals surface area contributed by atoms with Crippen LogP contribution in [0.3, 0.4) is 0 Å². The topological polar surface area (TPSA) is 104 Å². The van der Waals surface area contributed by atoms with E-state index in [4.69, 9.17) is 0 Å². The molecule has 0 aromatic heterocycles. The van der Waals surface area contributed by atoms with Gasteiger partial charge in [-0.2, -0.15) is 5.01 Å². The van der Waals surface area contributed by atoms with Gasteiger partial charge in [0.05, 0.1) is 5.69 Å². The number of nitrogens with one attached hydrogen (secondary N) is 1. The molecule has 1 aliphatic rings. The van der Waals surface area contributed by atoms with Crippen LogP contribution in [0.25, 0.3) is 0 Å². The molecule has 8 heteroatoms. The molecule has 0 unspecified atom stereocenters. The lowest BCUT2D eigenvalue weighted by atomic mass is 10.1. The van der Waals surface area contributed by atoms with Crippen LogP contribution in [0.4, 0.5) is 5.69 Å². The second-order valence-electron chi connectivity index (χ2n) is 4.72. The first-order valence-electron chi connectivity index (χ1n) is 6.59. The van der Waals surface area contributed by atoms with Crippen molar-refractivity contribution in [3.63, 3.8) is 0 Å². The van der Waals surface area contributed by atoms with Gasteiger partial charge in [0.15, 0.2) is 0 Å². The molecule has 0 atom stereocenters. The summed E-state index contributed by atoms with van der Waals surface area (Å²) in [6.45, 7) is 2.30. The Balaban J connectivity index is 2.23. The van der Waals surface area contributed by atoms with Crippen LogP contribution < -0.4 is 10.3 Å². The van der Waals surface area contributed by atoms with Crippen LogP contribution in [0.5, 0.6) is 0 Å². The molecule has 1 aromatic carbocycles. The van der Waals surface area contributed by atoms with Crippen LogP contribution >= 0.6 is 0 Å². The zero-order chi connectivity index (χ0) is 17.1. The molecule has 0 saturated heterocycles. The lowest BCUT2D eigenvalue weighted by Gasteiger charge is -2.19. The minimum absolute atomic E-state index is 0.116. The molecule has 2 rings (SSSR count). The number of benzene rings is 1. The summed E-state index contributed by atoms with van der Waals surface area (Å²) in [4.78, 5) is 58.8. The number of carbonyl (C=O) groups excluding carboxylic acids is 5. The van der Waals surface area contributed by atoms with E-state index in [0.717, 1.165) is 24.0 Å². The first-order chi connectivity index (χ1) is 10.8. The van der Waals surface area contributed by atoms with E-state index < -0.39 is 29.5 Å². The number of rotatable bonds is 2. The molecule has 0 radical (unpaired) electrons. The van der Waals surface area contributed by atoms with Crippen LogP contribution in [-0.2, 0) is 19.2 Å². The summed E-state index contributed by atoms with van der Waals surface area (Å²) in [5.74, 6) is -2.89. The minimum atomic E-state index is -0.726. The molecule has 8 nitrogen and oxygen atoms in total. The Morgan fingerprint density at radius 2 is 1.48 bits per heavy atom. The Hall–Kier alpha value is -3.29. The first kappa shape index (κ1) is 16.1. The standard InChI is InChI=1S/C15H13N3O5/c1-9(19)16-18(10(2)20)15(23)11-3-5-12(6-4-11)17-13(21)7-8-14(17)22/h3-8H,1-2H3,(H,16,19). The maximum absolute atomic E-state index is 12.2. The Kier molecular flexibility index (Phi) is 4.35. The van der Waals surface area contributed by atoms with Crippen LogP contribution in [0.15, 0.2) is 36.4 Å². The molecule has 0 fully saturated rings. The fourth-order valence-corrected chi connectivity index (χ4v) is 1.97. The molecule has 1 N–H and O–H groups in total. The van der Waals surface area contributed by atoms with Crippen molar-refractivity contribution in [2.24, 2.45) is 0 Å². The van der Waals surface area contributed by atoms with Crippen molar-refractivity contribution in [1.29, 1.82) is 0 Å². The van der Waals surface area contributed by atoms with Gasteiger partial charge in [0.1, 0.15) is 0 Å². The normalized spacial score (nSPS) is 13.2. The third kappa shape index (κ3) is 3.31. The van der Waals surface area contributed by atoms with Crippen molar-refractivity contribution in [3.8, 4) is 0 Å². The van der Waals surface area contributed by atoms with Gasteiger partial charge < -0.3 is 0 Å². The van der Waals surface area contributed by atoms with Gasteiger partial charge in [-0.15, -0.1) is 0 Å². The number of anilines is 1. The Morgan fingerprint density at radius 3 is 1.91 bits per heavy atom. The summed E-state index contributed by atoms with van der Waals surface area (Å²) in [6, 6.07) is 5.52. The van der Waals surface area contributed by atoms with Gasteiger partial charge in [0.25, 0.3) is 17.7 Å². The van der Waals surface area contributed by atoms with E-state index in [9.17, 15) is 24.0 Å². The van der Waals surface area contributed by atoms with Gasteiger partial charge in [0, 0.05) is 31.6 Å². The summed E-state index contributed by atoms with van der Waals surface area (Å²) in [5.41, 5.74) is 2.54. The summed E-state index contributed by atoms with van der Waals surface area (Å²) < 4.78 is 0. The molecule has 118 valence electrons. The largest absolute Gasteiger partial charge is 0.279 e. The van der Waals surface area contributed by atoms with Gasteiger partial charge in [-0.3, -0.25) is 29.4 Å². The first-order valence-corrected chi connectivity index (χ1v) is 6.59. The quantitative estimate of drug-likeness (QED) is 0.618. The number of hydrogen-bond acceptors (Lipinski definition) is 5. The second-order valence-corrected chi connectivity index (χ2v) is 4.72. The SMILES string of the molecule is CC(=O)NN(C(C)=O)C(=O)c1ccc(N2C(=O)C=CC2=O)cc1. The van der Waals surface area contributed by atoms with E-state index in [1.807, 2.05) is 0 Å². The van der Waals surface area contributed by atoms with Gasteiger partial charge in [-0.1, -0.05) is 0 Å². The van der Waals surface area contributed by atoms with Crippen molar-refractivity contribution < 1.29 is 24.0 Å². The molecular formula is C15H13N3O5. The van der Waals surface area contributed by atoms with E-state index in [-0.39, 0.29) is 5.56 Å². The number of imide groups is 2. The zero-order valence-electron chi connectivity index (χ0n) is 12.4. The number of nitrogens with zero attached hydrogens (tertiary/aromatic N) is 2. The molecule has 5 amide bonds. The Bertz CT molecular complexity index is 718. The van der Waals surface area contributed by atoms with Crippen LogP contribution in [-0.4, -0.2) is 34.5 Å². The highest BCUT2D eigenvalue weighted by Gasteiger charge is 2.26.